The van der Waals surface area contributed by atoms with E-state index in [9.17, 15) is 4.79 Å². The Bertz CT molecular complexity index is 458. The number of nitrogens with zero attached hydrogens (tertiary/aromatic N) is 1. The minimum Gasteiger partial charge on any atom is -0.383 e. The van der Waals surface area contributed by atoms with Crippen molar-refractivity contribution in [2.45, 2.75) is 37.9 Å². The van der Waals surface area contributed by atoms with Gasteiger partial charge in [0.15, 0.2) is 0 Å². The van der Waals surface area contributed by atoms with E-state index >= 15 is 0 Å². The Morgan fingerprint density at radius 3 is 2.59 bits per heavy atom. The third-order valence-electron chi connectivity index (χ3n) is 4.39. The molecule has 122 valence electrons. The first kappa shape index (κ1) is 16.9. The molecule has 22 heavy (non-hydrogen) atoms. The number of nitrogens with one attached hydrogen (secondary N) is 1. The lowest BCUT2D eigenvalue weighted by Crippen LogP contribution is -2.51. The van der Waals surface area contributed by atoms with Gasteiger partial charge in [-0.25, -0.2) is 0 Å². The van der Waals surface area contributed by atoms with Crippen molar-refractivity contribution >= 4 is 5.91 Å². The van der Waals surface area contributed by atoms with E-state index in [0.29, 0.717) is 6.04 Å². The summed E-state index contributed by atoms with van der Waals surface area (Å²) in [6.07, 6.45) is 1.92. The topological polar surface area (TPSA) is 67.6 Å². The molecule has 1 heterocycles. The second kappa shape index (κ2) is 8.27. The molecule has 5 heteroatoms. The molecule has 2 atom stereocenters. The summed E-state index contributed by atoms with van der Waals surface area (Å²) in [6.45, 7) is 4.47. The summed E-state index contributed by atoms with van der Waals surface area (Å²) in [6, 6.07) is 10.6. The first-order valence-corrected chi connectivity index (χ1v) is 7.95. The van der Waals surface area contributed by atoms with E-state index in [-0.39, 0.29) is 18.6 Å². The molecule has 2 unspecified atom stereocenters. The van der Waals surface area contributed by atoms with Gasteiger partial charge in [-0.3, -0.25) is 9.69 Å². The number of nitrogens with two attached hydrogens (primary N) is 1. The van der Waals surface area contributed by atoms with E-state index in [4.69, 9.17) is 10.5 Å². The average Bonchev–Trinajstić information content (AvgIpc) is 2.56. The minimum absolute atomic E-state index is 0.114. The molecule has 1 aliphatic heterocycles. The number of hydrogen-bond acceptors (Lipinski definition) is 4. The largest absolute Gasteiger partial charge is 0.383 e. The van der Waals surface area contributed by atoms with Crippen molar-refractivity contribution < 1.29 is 9.53 Å². The van der Waals surface area contributed by atoms with Crippen LogP contribution in [0.4, 0.5) is 0 Å². The number of methoxy groups -OCH3 is 1. The number of hydrogen-bond donors (Lipinski definition) is 2. The van der Waals surface area contributed by atoms with E-state index in [1.54, 1.807) is 7.11 Å². The molecule has 1 saturated heterocycles. The van der Waals surface area contributed by atoms with Crippen LogP contribution in [-0.4, -0.2) is 49.7 Å². The number of benzene rings is 1. The van der Waals surface area contributed by atoms with Gasteiger partial charge in [-0.15, -0.1) is 0 Å². The molecule has 0 saturated carbocycles. The Morgan fingerprint density at radius 1 is 1.36 bits per heavy atom. The summed E-state index contributed by atoms with van der Waals surface area (Å²) in [5.41, 5.74) is 7.09. The van der Waals surface area contributed by atoms with Gasteiger partial charge in [-0.05, 0) is 25.3 Å². The van der Waals surface area contributed by atoms with Gasteiger partial charge in [-0.1, -0.05) is 30.3 Å². The molecule has 0 bridgehead atoms. The van der Waals surface area contributed by atoms with Gasteiger partial charge in [0.25, 0.3) is 0 Å². The Hall–Kier alpha value is -1.43. The monoisotopic (exact) mass is 305 g/mol. The fourth-order valence-electron chi connectivity index (χ4n) is 2.94. The zero-order valence-electron chi connectivity index (χ0n) is 13.5. The number of amides is 1. The lowest BCUT2D eigenvalue weighted by molar-refractivity contribution is -0.124. The highest BCUT2D eigenvalue weighted by molar-refractivity contribution is 5.81. The summed E-state index contributed by atoms with van der Waals surface area (Å²) >= 11 is 0. The van der Waals surface area contributed by atoms with Crippen LogP contribution in [-0.2, 0) is 9.53 Å². The normalized spacial score (nSPS) is 19.6. The maximum absolute atomic E-state index is 11.9. The molecule has 1 fully saturated rings. The zero-order valence-corrected chi connectivity index (χ0v) is 13.5. The zero-order chi connectivity index (χ0) is 15.9. The fourth-order valence-corrected chi connectivity index (χ4v) is 2.94. The maximum atomic E-state index is 11.9. The van der Waals surface area contributed by atoms with Gasteiger partial charge < -0.3 is 15.8 Å². The number of piperidine rings is 1. The lowest BCUT2D eigenvalue weighted by atomic mass is 10.00. The van der Waals surface area contributed by atoms with Crippen molar-refractivity contribution in [3.05, 3.63) is 35.9 Å². The van der Waals surface area contributed by atoms with Crippen LogP contribution in [0.2, 0.25) is 0 Å². The van der Waals surface area contributed by atoms with Gasteiger partial charge >= 0.3 is 0 Å². The van der Waals surface area contributed by atoms with E-state index < -0.39 is 6.04 Å². The second-order valence-electron chi connectivity index (χ2n) is 5.97. The summed E-state index contributed by atoms with van der Waals surface area (Å²) in [4.78, 5) is 14.4. The molecule has 1 amide bonds. The molecule has 1 aliphatic rings. The SMILES string of the molecule is COCC(N)C(=O)NC1CCN(C(C)c2ccccc2)CC1. The molecule has 0 spiro atoms. The van der Waals surface area contributed by atoms with Crippen molar-refractivity contribution in [1.29, 1.82) is 0 Å². The molecule has 0 radical (unpaired) electrons. The van der Waals surface area contributed by atoms with Crippen molar-refractivity contribution in [1.82, 2.24) is 10.2 Å². The highest BCUT2D eigenvalue weighted by Crippen LogP contribution is 2.23. The van der Waals surface area contributed by atoms with Crippen LogP contribution in [0.15, 0.2) is 30.3 Å². The molecule has 2 rings (SSSR count). The molecule has 1 aromatic carbocycles. The van der Waals surface area contributed by atoms with Crippen LogP contribution in [0.5, 0.6) is 0 Å². The van der Waals surface area contributed by atoms with Crippen molar-refractivity contribution in [3.8, 4) is 0 Å². The minimum atomic E-state index is -0.578. The predicted molar refractivity (Wildman–Crippen MR) is 87.4 cm³/mol. The summed E-state index contributed by atoms with van der Waals surface area (Å²) in [5.74, 6) is -0.114. The molecular weight excluding hydrogens is 278 g/mol. The first-order valence-electron chi connectivity index (χ1n) is 7.95. The molecule has 5 nitrogen and oxygen atoms in total. The third kappa shape index (κ3) is 4.53. The van der Waals surface area contributed by atoms with Crippen LogP contribution in [0.3, 0.4) is 0 Å². The van der Waals surface area contributed by atoms with Crippen LogP contribution in [0.25, 0.3) is 0 Å². The lowest BCUT2D eigenvalue weighted by Gasteiger charge is -2.36. The van der Waals surface area contributed by atoms with E-state index in [2.05, 4.69) is 41.4 Å². The average molecular weight is 305 g/mol. The number of carbonyl (C=O) groups is 1. The molecular formula is C17H27N3O2. The number of ether oxygens (including phenoxy) is 1. The van der Waals surface area contributed by atoms with E-state index in [1.165, 1.54) is 5.56 Å². The Morgan fingerprint density at radius 2 is 2.00 bits per heavy atom. The smallest absolute Gasteiger partial charge is 0.239 e. The molecule has 1 aromatic rings. The summed E-state index contributed by atoms with van der Waals surface area (Å²) in [7, 11) is 1.55. The van der Waals surface area contributed by atoms with Crippen LogP contribution < -0.4 is 11.1 Å². The van der Waals surface area contributed by atoms with Crippen LogP contribution in [0.1, 0.15) is 31.4 Å². The van der Waals surface area contributed by atoms with Gasteiger partial charge in [0, 0.05) is 32.3 Å². The molecule has 3 N–H and O–H groups in total. The van der Waals surface area contributed by atoms with Crippen molar-refractivity contribution in [2.75, 3.05) is 26.8 Å². The standard InChI is InChI=1S/C17H27N3O2/c1-13(14-6-4-3-5-7-14)20-10-8-15(9-11-20)19-17(21)16(18)12-22-2/h3-7,13,15-16H,8-12,18H2,1-2H3,(H,19,21). The van der Waals surface area contributed by atoms with Gasteiger partial charge in [-0.2, -0.15) is 0 Å². The fraction of sp³-hybridized carbons (Fsp3) is 0.588. The van der Waals surface area contributed by atoms with Gasteiger partial charge in [0.1, 0.15) is 6.04 Å². The van der Waals surface area contributed by atoms with Crippen LogP contribution in [0, 0.1) is 0 Å². The Balaban J connectivity index is 1.79. The molecule has 0 aliphatic carbocycles. The third-order valence-corrected chi connectivity index (χ3v) is 4.39. The maximum Gasteiger partial charge on any atom is 0.239 e. The Labute approximate surface area is 132 Å². The first-order chi connectivity index (χ1) is 10.6. The number of carbonyl (C=O) groups excluding carboxylic acids is 1. The number of likely N-dealkylation sites (tertiary alicyclic amines) is 1. The van der Waals surface area contributed by atoms with E-state index in [0.717, 1.165) is 25.9 Å². The van der Waals surface area contributed by atoms with Crippen molar-refractivity contribution in [2.24, 2.45) is 5.73 Å². The molecule has 0 aromatic heterocycles. The van der Waals surface area contributed by atoms with Gasteiger partial charge in [0.05, 0.1) is 6.61 Å². The highest BCUT2D eigenvalue weighted by atomic mass is 16.5. The predicted octanol–water partition coefficient (Wildman–Crippen LogP) is 1.30. The Kier molecular flexibility index (Phi) is 6.36. The van der Waals surface area contributed by atoms with Gasteiger partial charge in [0.2, 0.25) is 5.91 Å². The number of rotatable bonds is 6. The van der Waals surface area contributed by atoms with E-state index in [1.807, 2.05) is 6.07 Å². The second-order valence-corrected chi connectivity index (χ2v) is 5.97. The van der Waals surface area contributed by atoms with Crippen molar-refractivity contribution in [3.63, 3.8) is 0 Å². The quantitative estimate of drug-likeness (QED) is 0.831. The summed E-state index contributed by atoms with van der Waals surface area (Å²) < 4.78 is 4.92. The highest BCUT2D eigenvalue weighted by Gasteiger charge is 2.25. The summed E-state index contributed by atoms with van der Waals surface area (Å²) in [5, 5.41) is 3.03. The van der Waals surface area contributed by atoms with Crippen LogP contribution >= 0.6 is 0 Å².